The van der Waals surface area contributed by atoms with Gasteiger partial charge in [-0.25, -0.2) is 0 Å². The van der Waals surface area contributed by atoms with Crippen molar-refractivity contribution in [2.24, 2.45) is 0 Å². The highest BCUT2D eigenvalue weighted by molar-refractivity contribution is 5.75. The molecular formula is C12H17N3O. The second kappa shape index (κ2) is 6.67. The molecule has 1 amide bonds. The van der Waals surface area contributed by atoms with Gasteiger partial charge in [0.25, 0.3) is 0 Å². The lowest BCUT2D eigenvalue weighted by Crippen LogP contribution is -2.22. The summed E-state index contributed by atoms with van der Waals surface area (Å²) >= 11 is 0. The minimum absolute atomic E-state index is 0.0672. The molecule has 0 fully saturated rings. The van der Waals surface area contributed by atoms with Gasteiger partial charge in [0.2, 0.25) is 5.91 Å². The van der Waals surface area contributed by atoms with Crippen LogP contribution in [0.2, 0.25) is 0 Å². The van der Waals surface area contributed by atoms with Gasteiger partial charge >= 0.3 is 0 Å². The Morgan fingerprint density at radius 1 is 1.62 bits per heavy atom. The summed E-state index contributed by atoms with van der Waals surface area (Å²) in [6.45, 7) is 2.47. The van der Waals surface area contributed by atoms with Gasteiger partial charge < -0.3 is 5.32 Å². The van der Waals surface area contributed by atoms with E-state index in [1.54, 1.807) is 6.20 Å². The van der Waals surface area contributed by atoms with Crippen molar-refractivity contribution in [1.82, 2.24) is 15.5 Å². The van der Waals surface area contributed by atoms with Crippen molar-refractivity contribution in [1.29, 1.82) is 0 Å². The maximum Gasteiger partial charge on any atom is 0.220 e. The molecule has 2 N–H and O–H groups in total. The first-order chi connectivity index (χ1) is 7.74. The van der Waals surface area contributed by atoms with E-state index in [0.717, 1.165) is 30.5 Å². The third-order valence-electron chi connectivity index (χ3n) is 2.39. The van der Waals surface area contributed by atoms with Crippen LogP contribution in [-0.4, -0.2) is 16.1 Å². The number of H-pyrrole nitrogens is 1. The van der Waals surface area contributed by atoms with E-state index in [2.05, 4.69) is 21.4 Å². The van der Waals surface area contributed by atoms with E-state index in [4.69, 9.17) is 6.42 Å². The Bertz CT molecular complexity index is 376. The molecule has 0 aromatic carbocycles. The summed E-state index contributed by atoms with van der Waals surface area (Å²) in [6, 6.07) is 0. The third-order valence-corrected chi connectivity index (χ3v) is 2.39. The predicted octanol–water partition coefficient (Wildman–Crippen LogP) is 1.53. The largest absolute Gasteiger partial charge is 0.352 e. The number of nitrogens with one attached hydrogen (secondary N) is 2. The zero-order valence-electron chi connectivity index (χ0n) is 9.55. The lowest BCUT2D eigenvalue weighted by Gasteiger charge is -2.03. The molecule has 4 heteroatoms. The summed E-state index contributed by atoms with van der Waals surface area (Å²) in [5.74, 6) is 2.63. The molecule has 1 aromatic rings. The molecule has 16 heavy (non-hydrogen) atoms. The molecule has 1 aromatic heterocycles. The van der Waals surface area contributed by atoms with Gasteiger partial charge in [0.15, 0.2) is 0 Å². The van der Waals surface area contributed by atoms with Gasteiger partial charge in [0.05, 0.1) is 6.20 Å². The molecule has 0 atom stereocenters. The molecule has 0 spiro atoms. The van der Waals surface area contributed by atoms with Gasteiger partial charge in [-0.3, -0.25) is 9.89 Å². The van der Waals surface area contributed by atoms with E-state index in [-0.39, 0.29) is 5.91 Å². The average Bonchev–Trinajstić information content (AvgIpc) is 2.67. The second-order valence-corrected chi connectivity index (χ2v) is 3.71. The zero-order chi connectivity index (χ0) is 11.8. The Morgan fingerprint density at radius 3 is 3.06 bits per heavy atom. The first-order valence-electron chi connectivity index (χ1n) is 5.43. The van der Waals surface area contributed by atoms with Crippen LogP contribution >= 0.6 is 0 Å². The fraction of sp³-hybridized carbons (Fsp3) is 0.500. The summed E-state index contributed by atoms with van der Waals surface area (Å²) in [4.78, 5) is 11.4. The highest BCUT2D eigenvalue weighted by atomic mass is 16.1. The van der Waals surface area contributed by atoms with Crippen LogP contribution in [0.3, 0.4) is 0 Å². The van der Waals surface area contributed by atoms with Crippen molar-refractivity contribution in [3.63, 3.8) is 0 Å². The van der Waals surface area contributed by atoms with Crippen molar-refractivity contribution in [2.45, 2.75) is 39.2 Å². The highest BCUT2D eigenvalue weighted by Crippen LogP contribution is 2.02. The minimum atomic E-state index is 0.0672. The van der Waals surface area contributed by atoms with Crippen LogP contribution in [0, 0.1) is 19.3 Å². The summed E-state index contributed by atoms with van der Waals surface area (Å²) in [6.07, 6.45) is 9.90. The van der Waals surface area contributed by atoms with E-state index in [9.17, 15) is 4.79 Å². The molecule has 0 saturated heterocycles. The molecule has 0 unspecified atom stereocenters. The second-order valence-electron chi connectivity index (χ2n) is 3.71. The van der Waals surface area contributed by atoms with E-state index >= 15 is 0 Å². The van der Waals surface area contributed by atoms with Gasteiger partial charge in [-0.15, -0.1) is 12.3 Å². The number of nitrogens with zero attached hydrogens (tertiary/aromatic N) is 1. The summed E-state index contributed by atoms with van der Waals surface area (Å²) in [7, 11) is 0. The summed E-state index contributed by atoms with van der Waals surface area (Å²) in [5, 5.41) is 9.57. The third kappa shape index (κ3) is 4.18. The summed E-state index contributed by atoms with van der Waals surface area (Å²) in [5.41, 5.74) is 2.02. The average molecular weight is 219 g/mol. The van der Waals surface area contributed by atoms with Gasteiger partial charge in [-0.05, 0) is 19.8 Å². The van der Waals surface area contributed by atoms with Crippen molar-refractivity contribution in [3.8, 4) is 12.3 Å². The molecule has 0 aliphatic heterocycles. The fourth-order valence-electron chi connectivity index (χ4n) is 1.35. The van der Waals surface area contributed by atoms with Crippen LogP contribution < -0.4 is 5.32 Å². The minimum Gasteiger partial charge on any atom is -0.352 e. The van der Waals surface area contributed by atoms with Crippen molar-refractivity contribution in [2.75, 3.05) is 0 Å². The Kier molecular flexibility index (Phi) is 5.13. The number of hydrogen-bond acceptors (Lipinski definition) is 2. The molecule has 1 heterocycles. The van der Waals surface area contributed by atoms with Crippen LogP contribution in [0.1, 0.15) is 36.9 Å². The van der Waals surface area contributed by atoms with E-state index in [0.29, 0.717) is 13.0 Å². The molecule has 0 aliphatic rings. The Morgan fingerprint density at radius 2 is 2.44 bits per heavy atom. The quantitative estimate of drug-likeness (QED) is 0.563. The first-order valence-corrected chi connectivity index (χ1v) is 5.43. The maximum absolute atomic E-state index is 11.4. The predicted molar refractivity (Wildman–Crippen MR) is 62.5 cm³/mol. The topological polar surface area (TPSA) is 57.8 Å². The number of aromatic nitrogens is 2. The lowest BCUT2D eigenvalue weighted by molar-refractivity contribution is -0.121. The number of unbranched alkanes of at least 4 members (excludes halogenated alkanes) is 2. The molecule has 0 bridgehead atoms. The van der Waals surface area contributed by atoms with Crippen LogP contribution in [0.15, 0.2) is 6.20 Å². The number of aryl methyl sites for hydroxylation is 1. The van der Waals surface area contributed by atoms with Crippen LogP contribution in [0.25, 0.3) is 0 Å². The molecule has 0 radical (unpaired) electrons. The molecule has 0 aliphatic carbocycles. The van der Waals surface area contributed by atoms with E-state index in [1.165, 1.54) is 0 Å². The van der Waals surface area contributed by atoms with Crippen LogP contribution in [-0.2, 0) is 11.3 Å². The molecule has 4 nitrogen and oxygen atoms in total. The molecule has 86 valence electrons. The summed E-state index contributed by atoms with van der Waals surface area (Å²) < 4.78 is 0. The number of aromatic amines is 1. The maximum atomic E-state index is 11.4. The van der Waals surface area contributed by atoms with Crippen LogP contribution in [0.4, 0.5) is 0 Å². The number of amides is 1. The van der Waals surface area contributed by atoms with Gasteiger partial charge in [-0.1, -0.05) is 0 Å². The number of hydrogen-bond donors (Lipinski definition) is 2. The molecule has 1 rings (SSSR count). The van der Waals surface area contributed by atoms with Crippen molar-refractivity contribution < 1.29 is 4.79 Å². The Labute approximate surface area is 95.8 Å². The number of terminal acetylenes is 1. The van der Waals surface area contributed by atoms with E-state index < -0.39 is 0 Å². The fourth-order valence-corrected chi connectivity index (χ4v) is 1.35. The van der Waals surface area contributed by atoms with Gasteiger partial charge in [0, 0.05) is 30.6 Å². The van der Waals surface area contributed by atoms with Crippen molar-refractivity contribution in [3.05, 3.63) is 17.5 Å². The van der Waals surface area contributed by atoms with Crippen molar-refractivity contribution >= 4 is 5.91 Å². The molecule has 0 saturated carbocycles. The number of rotatable bonds is 6. The standard InChI is InChI=1S/C12H17N3O/c1-3-4-5-6-7-12(16)13-8-11-9-14-15-10(11)2/h1,9H,4-8H2,2H3,(H,13,16)(H,14,15). The SMILES string of the molecule is C#CCCCCC(=O)NCc1cn[nH]c1C. The van der Waals surface area contributed by atoms with Gasteiger partial charge in [0.1, 0.15) is 0 Å². The van der Waals surface area contributed by atoms with E-state index in [1.807, 2.05) is 6.92 Å². The smallest absolute Gasteiger partial charge is 0.220 e. The highest BCUT2D eigenvalue weighted by Gasteiger charge is 2.03. The monoisotopic (exact) mass is 219 g/mol. The van der Waals surface area contributed by atoms with Crippen LogP contribution in [0.5, 0.6) is 0 Å². The zero-order valence-corrected chi connectivity index (χ0v) is 9.55. The lowest BCUT2D eigenvalue weighted by atomic mass is 10.2. The number of carbonyl (C=O) groups is 1. The Hall–Kier alpha value is -1.76. The number of carbonyl (C=O) groups excluding carboxylic acids is 1. The first kappa shape index (κ1) is 12.3. The normalized spacial score (nSPS) is 9.75. The molecular weight excluding hydrogens is 202 g/mol. The van der Waals surface area contributed by atoms with Gasteiger partial charge in [-0.2, -0.15) is 5.10 Å². The Balaban J connectivity index is 2.16.